The molecule has 1 aliphatic heterocycles. The van der Waals surface area contributed by atoms with Gasteiger partial charge in [0.05, 0.1) is 12.1 Å². The van der Waals surface area contributed by atoms with Crippen molar-refractivity contribution in [2.24, 2.45) is 0 Å². The number of amides is 1. The highest BCUT2D eigenvalue weighted by molar-refractivity contribution is 7.14. The van der Waals surface area contributed by atoms with E-state index in [-0.39, 0.29) is 5.91 Å². The van der Waals surface area contributed by atoms with E-state index in [2.05, 4.69) is 27.4 Å². The zero-order valence-corrected chi connectivity index (χ0v) is 17.2. The summed E-state index contributed by atoms with van der Waals surface area (Å²) in [5.74, 6) is 0.166. The van der Waals surface area contributed by atoms with Crippen LogP contribution in [0.5, 0.6) is 0 Å². The molecular formula is C20H20ClN3OS2. The molecule has 1 fully saturated rings. The first-order chi connectivity index (χ1) is 13.2. The number of halogens is 1. The normalized spacial score (nSPS) is 15.2. The first-order valence-electron chi connectivity index (χ1n) is 8.89. The van der Waals surface area contributed by atoms with Gasteiger partial charge >= 0.3 is 0 Å². The van der Waals surface area contributed by atoms with Gasteiger partial charge in [0.15, 0.2) is 0 Å². The van der Waals surface area contributed by atoms with Crippen LogP contribution in [0.15, 0.2) is 46.5 Å². The largest absolute Gasteiger partial charge is 0.340 e. The molecule has 140 valence electrons. The maximum atomic E-state index is 12.6. The predicted molar refractivity (Wildman–Crippen MR) is 112 cm³/mol. The molecule has 0 bridgehead atoms. The van der Waals surface area contributed by atoms with Gasteiger partial charge in [0.25, 0.3) is 0 Å². The van der Waals surface area contributed by atoms with Gasteiger partial charge in [0.1, 0.15) is 5.01 Å². The van der Waals surface area contributed by atoms with Crippen LogP contribution in [0.3, 0.4) is 0 Å². The molecule has 1 amide bonds. The number of thiazole rings is 1. The van der Waals surface area contributed by atoms with Gasteiger partial charge in [0.2, 0.25) is 5.91 Å². The van der Waals surface area contributed by atoms with Gasteiger partial charge in [-0.2, -0.15) is 11.3 Å². The van der Waals surface area contributed by atoms with Crippen LogP contribution < -0.4 is 0 Å². The number of aromatic nitrogens is 1. The maximum absolute atomic E-state index is 12.6. The third-order valence-electron chi connectivity index (χ3n) is 4.67. The smallest absolute Gasteiger partial charge is 0.228 e. The minimum atomic E-state index is 0.166. The summed E-state index contributed by atoms with van der Waals surface area (Å²) in [5.41, 5.74) is 3.22. The fraction of sp³-hybridized carbons (Fsp3) is 0.300. The van der Waals surface area contributed by atoms with Crippen molar-refractivity contribution in [3.8, 4) is 10.6 Å². The Balaban J connectivity index is 1.28. The second-order valence-electron chi connectivity index (χ2n) is 6.62. The molecule has 2 aromatic heterocycles. The molecule has 3 aromatic rings. The summed E-state index contributed by atoms with van der Waals surface area (Å²) in [6.07, 6.45) is 0.384. The lowest BCUT2D eigenvalue weighted by molar-refractivity contribution is -0.132. The summed E-state index contributed by atoms with van der Waals surface area (Å²) in [5, 5.41) is 7.89. The number of piperazine rings is 1. The average Bonchev–Trinajstić information content (AvgIpc) is 3.34. The van der Waals surface area contributed by atoms with E-state index in [1.54, 1.807) is 22.7 Å². The van der Waals surface area contributed by atoms with E-state index in [0.717, 1.165) is 54.0 Å². The zero-order valence-electron chi connectivity index (χ0n) is 14.8. The van der Waals surface area contributed by atoms with Gasteiger partial charge in [-0.15, -0.1) is 11.3 Å². The van der Waals surface area contributed by atoms with Crippen molar-refractivity contribution < 1.29 is 4.79 Å². The minimum absolute atomic E-state index is 0.166. The molecule has 0 N–H and O–H groups in total. The third-order valence-corrected chi connectivity index (χ3v) is 6.53. The van der Waals surface area contributed by atoms with Crippen molar-refractivity contribution in [1.29, 1.82) is 0 Å². The van der Waals surface area contributed by atoms with Crippen LogP contribution in [0.4, 0.5) is 0 Å². The first kappa shape index (κ1) is 18.6. The van der Waals surface area contributed by atoms with E-state index < -0.39 is 0 Å². The Hall–Kier alpha value is -1.73. The van der Waals surface area contributed by atoms with Gasteiger partial charge in [0, 0.05) is 54.1 Å². The monoisotopic (exact) mass is 417 g/mol. The van der Waals surface area contributed by atoms with Gasteiger partial charge in [-0.25, -0.2) is 4.98 Å². The van der Waals surface area contributed by atoms with Crippen LogP contribution in [-0.4, -0.2) is 46.9 Å². The Morgan fingerprint density at radius 2 is 2.00 bits per heavy atom. The number of carbonyl (C=O) groups is 1. The quantitative estimate of drug-likeness (QED) is 0.616. The fourth-order valence-electron chi connectivity index (χ4n) is 3.22. The van der Waals surface area contributed by atoms with Crippen LogP contribution >= 0.6 is 34.3 Å². The zero-order chi connectivity index (χ0) is 18.6. The first-order valence-corrected chi connectivity index (χ1v) is 11.1. The number of hydrogen-bond acceptors (Lipinski definition) is 5. The SMILES string of the molecule is O=C(Cc1csc(-c2ccsc2)n1)N1CCN(Cc2cccc(Cl)c2)CC1. The summed E-state index contributed by atoms with van der Waals surface area (Å²) in [6, 6.07) is 10.0. The molecule has 7 heteroatoms. The van der Waals surface area contributed by atoms with Gasteiger partial charge in [-0.1, -0.05) is 23.7 Å². The second-order valence-corrected chi connectivity index (χ2v) is 8.69. The standard InChI is InChI=1S/C20H20ClN3OS2/c21-17-3-1-2-15(10-17)12-23-5-7-24(8-6-23)19(25)11-18-14-27-20(22-18)16-4-9-26-13-16/h1-4,9-10,13-14H,5-8,11-12H2. The highest BCUT2D eigenvalue weighted by Gasteiger charge is 2.22. The highest BCUT2D eigenvalue weighted by atomic mass is 35.5. The second kappa shape index (κ2) is 8.52. The summed E-state index contributed by atoms with van der Waals surface area (Å²) in [6.45, 7) is 4.17. The van der Waals surface area contributed by atoms with Crippen molar-refractivity contribution in [3.05, 3.63) is 62.8 Å². The molecule has 0 saturated carbocycles. The number of hydrogen-bond donors (Lipinski definition) is 0. The minimum Gasteiger partial charge on any atom is -0.340 e. The molecule has 4 rings (SSSR count). The molecule has 3 heterocycles. The molecule has 4 nitrogen and oxygen atoms in total. The van der Waals surface area contributed by atoms with Gasteiger partial charge in [-0.05, 0) is 29.1 Å². The van der Waals surface area contributed by atoms with Crippen LogP contribution in [0.1, 0.15) is 11.3 Å². The summed E-state index contributed by atoms with van der Waals surface area (Å²) in [4.78, 5) is 21.6. The van der Waals surface area contributed by atoms with Gasteiger partial charge < -0.3 is 4.90 Å². The number of rotatable bonds is 5. The van der Waals surface area contributed by atoms with Crippen LogP contribution in [0.25, 0.3) is 10.6 Å². The number of benzene rings is 1. The number of carbonyl (C=O) groups excluding carboxylic acids is 1. The van der Waals surface area contributed by atoms with Gasteiger partial charge in [-0.3, -0.25) is 9.69 Å². The lowest BCUT2D eigenvalue weighted by Crippen LogP contribution is -2.48. The lowest BCUT2D eigenvalue weighted by atomic mass is 10.2. The van der Waals surface area contributed by atoms with Crippen LogP contribution in [0, 0.1) is 0 Å². The summed E-state index contributed by atoms with van der Waals surface area (Å²) < 4.78 is 0. The van der Waals surface area contributed by atoms with Crippen LogP contribution in [-0.2, 0) is 17.8 Å². The van der Waals surface area contributed by atoms with E-state index in [0.29, 0.717) is 6.42 Å². The van der Waals surface area contributed by atoms with E-state index in [4.69, 9.17) is 11.6 Å². The lowest BCUT2D eigenvalue weighted by Gasteiger charge is -2.34. The molecule has 1 aliphatic rings. The molecule has 0 spiro atoms. The van der Waals surface area contributed by atoms with E-state index in [1.165, 1.54) is 5.56 Å². The molecule has 1 saturated heterocycles. The molecule has 0 aliphatic carbocycles. The van der Waals surface area contributed by atoms with Crippen molar-refractivity contribution in [1.82, 2.24) is 14.8 Å². The van der Waals surface area contributed by atoms with Crippen LogP contribution in [0.2, 0.25) is 5.02 Å². The van der Waals surface area contributed by atoms with Crippen molar-refractivity contribution in [2.45, 2.75) is 13.0 Å². The summed E-state index contributed by atoms with van der Waals surface area (Å²) in [7, 11) is 0. The Bertz CT molecular complexity index is 902. The van der Waals surface area contributed by atoms with Crippen molar-refractivity contribution in [3.63, 3.8) is 0 Å². The van der Waals surface area contributed by atoms with Crippen molar-refractivity contribution in [2.75, 3.05) is 26.2 Å². The van der Waals surface area contributed by atoms with Crippen molar-refractivity contribution >= 4 is 40.2 Å². The third kappa shape index (κ3) is 4.76. The van der Waals surface area contributed by atoms with E-state index in [9.17, 15) is 4.79 Å². The highest BCUT2D eigenvalue weighted by Crippen LogP contribution is 2.26. The van der Waals surface area contributed by atoms with E-state index >= 15 is 0 Å². The summed E-state index contributed by atoms with van der Waals surface area (Å²) >= 11 is 9.33. The Labute approximate surface area is 172 Å². The average molecular weight is 418 g/mol. The molecular weight excluding hydrogens is 398 g/mol. The molecule has 0 atom stereocenters. The molecule has 1 aromatic carbocycles. The number of thiophene rings is 1. The molecule has 0 unspecified atom stereocenters. The topological polar surface area (TPSA) is 36.4 Å². The molecule has 0 radical (unpaired) electrons. The maximum Gasteiger partial charge on any atom is 0.228 e. The molecule has 27 heavy (non-hydrogen) atoms. The fourth-order valence-corrected chi connectivity index (χ4v) is 4.97. The Kier molecular flexibility index (Phi) is 5.88. The number of nitrogens with zero attached hydrogens (tertiary/aromatic N) is 3. The predicted octanol–water partition coefficient (Wildman–Crippen LogP) is 4.41. The Morgan fingerprint density at radius 3 is 2.74 bits per heavy atom. The Morgan fingerprint density at radius 1 is 1.15 bits per heavy atom. The van der Waals surface area contributed by atoms with E-state index in [1.807, 2.05) is 33.9 Å².